The molecule has 0 spiro atoms. The standard InChI is InChI=1S/C32H41N3O2.C31H39N3O2/c1-24-17-19-26(20-18-24)21-29(30(36)33-23-32(3,4)28-15-11-8-12-16-28)35(6)25(2)31(37)34(5)22-27-13-9-7-10-14-27;1-24-16-18-25(19-17-24)20-28(30(36)32-23-31(2,3)27-14-10-7-11-15-27)33(4)22-29(35)34(5)21-26-12-8-6-9-13-26/h7-20,25,29H,21-23H2,1-6H3,(H,33,36);6-19,28H,20-23H2,1-5H3,(H,32,36). The van der Waals surface area contributed by atoms with E-state index < -0.39 is 18.1 Å². The molecule has 0 bridgehead atoms. The first kappa shape index (κ1) is 57.0. The van der Waals surface area contributed by atoms with E-state index in [9.17, 15) is 19.2 Å². The fourth-order valence-corrected chi connectivity index (χ4v) is 8.69. The zero-order valence-electron chi connectivity index (χ0n) is 45.3. The molecular weight excluding hydrogens is 905 g/mol. The van der Waals surface area contributed by atoms with Crippen LogP contribution in [-0.2, 0) is 55.9 Å². The summed E-state index contributed by atoms with van der Waals surface area (Å²) in [5.41, 5.74) is 8.55. The number of hydrogen-bond acceptors (Lipinski definition) is 6. The summed E-state index contributed by atoms with van der Waals surface area (Å²) in [6.07, 6.45) is 1.05. The molecule has 6 aromatic carbocycles. The summed E-state index contributed by atoms with van der Waals surface area (Å²) >= 11 is 0. The second-order valence-electron chi connectivity index (χ2n) is 21.0. The molecule has 0 aliphatic carbocycles. The third-order valence-corrected chi connectivity index (χ3v) is 13.9. The molecule has 10 nitrogen and oxygen atoms in total. The minimum atomic E-state index is -0.488. The van der Waals surface area contributed by atoms with Crippen molar-refractivity contribution in [3.8, 4) is 0 Å². The lowest BCUT2D eigenvalue weighted by Crippen LogP contribution is -2.55. The Morgan fingerprint density at radius 1 is 0.466 bits per heavy atom. The van der Waals surface area contributed by atoms with Crippen molar-refractivity contribution < 1.29 is 19.2 Å². The van der Waals surface area contributed by atoms with Gasteiger partial charge in [-0.05, 0) is 81.1 Å². The molecule has 0 aliphatic heterocycles. The third-order valence-electron chi connectivity index (χ3n) is 13.9. The van der Waals surface area contributed by atoms with Crippen LogP contribution >= 0.6 is 0 Å². The average molecular weight is 985 g/mol. The summed E-state index contributed by atoms with van der Waals surface area (Å²) in [6, 6.07) is 55.3. The topological polar surface area (TPSA) is 105 Å². The van der Waals surface area contributed by atoms with Gasteiger partial charge in [0.25, 0.3) is 0 Å². The predicted octanol–water partition coefficient (Wildman–Crippen LogP) is 9.57. The average Bonchev–Trinajstić information content (AvgIpc) is 3.39. The van der Waals surface area contributed by atoms with E-state index in [0.29, 0.717) is 39.0 Å². The van der Waals surface area contributed by atoms with Crippen molar-refractivity contribution in [3.05, 3.63) is 214 Å². The molecule has 0 aromatic heterocycles. The van der Waals surface area contributed by atoms with Gasteiger partial charge in [0, 0.05) is 51.1 Å². The minimum absolute atomic E-state index is 0.0160. The van der Waals surface area contributed by atoms with Gasteiger partial charge in [0.2, 0.25) is 23.6 Å². The maximum absolute atomic E-state index is 13.6. The summed E-state index contributed by atoms with van der Waals surface area (Å²) in [5.74, 6) is -0.177. The Morgan fingerprint density at radius 2 is 0.822 bits per heavy atom. The number of nitrogens with one attached hydrogen (secondary N) is 2. The van der Waals surface area contributed by atoms with Gasteiger partial charge in [-0.25, -0.2) is 0 Å². The Labute approximate surface area is 436 Å². The molecule has 0 fully saturated rings. The highest BCUT2D eigenvalue weighted by Crippen LogP contribution is 2.24. The van der Waals surface area contributed by atoms with Crippen LogP contribution in [0.4, 0.5) is 0 Å². The molecule has 10 heteroatoms. The molecule has 6 aromatic rings. The summed E-state index contributed by atoms with van der Waals surface area (Å²) in [5, 5.41) is 6.36. The molecule has 0 radical (unpaired) electrons. The van der Waals surface area contributed by atoms with Crippen molar-refractivity contribution in [1.82, 2.24) is 30.2 Å². The highest BCUT2D eigenvalue weighted by Gasteiger charge is 2.33. The maximum atomic E-state index is 13.6. The van der Waals surface area contributed by atoms with Gasteiger partial charge in [-0.1, -0.05) is 209 Å². The van der Waals surface area contributed by atoms with Gasteiger partial charge in [0.05, 0.1) is 24.7 Å². The monoisotopic (exact) mass is 985 g/mol. The van der Waals surface area contributed by atoms with Crippen molar-refractivity contribution in [2.45, 2.75) is 103 Å². The van der Waals surface area contributed by atoms with Crippen molar-refractivity contribution in [3.63, 3.8) is 0 Å². The number of aryl methyl sites for hydroxylation is 2. The summed E-state index contributed by atoms with van der Waals surface area (Å²) in [6.45, 7) is 16.7. The molecule has 73 heavy (non-hydrogen) atoms. The van der Waals surface area contributed by atoms with Crippen LogP contribution in [0.3, 0.4) is 0 Å². The van der Waals surface area contributed by atoms with E-state index in [1.807, 2.05) is 142 Å². The van der Waals surface area contributed by atoms with Crippen LogP contribution in [0, 0.1) is 13.8 Å². The Morgan fingerprint density at radius 3 is 1.23 bits per heavy atom. The molecule has 0 aliphatic rings. The molecule has 0 heterocycles. The highest BCUT2D eigenvalue weighted by atomic mass is 16.2. The number of carbonyl (C=O) groups is 4. The SMILES string of the molecule is Cc1ccc(CC(C(=O)NCC(C)(C)c2ccccc2)N(C)C(C)C(=O)N(C)Cc2ccccc2)cc1.Cc1ccc(CC(C(=O)NCC(C)(C)c2ccccc2)N(C)CC(=O)N(C)Cc2ccccc2)cc1. The van der Waals surface area contributed by atoms with Crippen LogP contribution in [0.2, 0.25) is 0 Å². The minimum Gasteiger partial charge on any atom is -0.354 e. The fraction of sp³-hybridized carbons (Fsp3) is 0.365. The summed E-state index contributed by atoms with van der Waals surface area (Å²) in [7, 11) is 7.35. The Bertz CT molecular complexity index is 2620. The van der Waals surface area contributed by atoms with Crippen LogP contribution < -0.4 is 10.6 Å². The Kier molecular flexibility index (Phi) is 21.3. The van der Waals surface area contributed by atoms with E-state index in [2.05, 4.69) is 118 Å². The zero-order valence-corrected chi connectivity index (χ0v) is 45.3. The molecule has 0 saturated heterocycles. The maximum Gasteiger partial charge on any atom is 0.239 e. The van der Waals surface area contributed by atoms with E-state index in [1.165, 1.54) is 22.3 Å². The van der Waals surface area contributed by atoms with Crippen LogP contribution in [0.5, 0.6) is 0 Å². The smallest absolute Gasteiger partial charge is 0.239 e. The number of carbonyl (C=O) groups excluding carboxylic acids is 4. The largest absolute Gasteiger partial charge is 0.354 e. The highest BCUT2D eigenvalue weighted by molar-refractivity contribution is 5.86. The van der Waals surface area contributed by atoms with Gasteiger partial charge in [0.1, 0.15) is 0 Å². The van der Waals surface area contributed by atoms with Gasteiger partial charge in [-0.3, -0.25) is 29.0 Å². The second kappa shape index (κ2) is 27.3. The normalized spacial score (nSPS) is 12.7. The van der Waals surface area contributed by atoms with E-state index in [1.54, 1.807) is 16.8 Å². The van der Waals surface area contributed by atoms with Crippen molar-refractivity contribution in [2.24, 2.45) is 0 Å². The van der Waals surface area contributed by atoms with Gasteiger partial charge in [0.15, 0.2) is 0 Å². The van der Waals surface area contributed by atoms with Crippen LogP contribution in [0.15, 0.2) is 170 Å². The van der Waals surface area contributed by atoms with Crippen molar-refractivity contribution >= 4 is 23.6 Å². The lowest BCUT2D eigenvalue weighted by molar-refractivity contribution is -0.138. The molecule has 0 saturated carbocycles. The third kappa shape index (κ3) is 17.7. The van der Waals surface area contributed by atoms with E-state index in [0.717, 1.165) is 22.3 Å². The predicted molar refractivity (Wildman–Crippen MR) is 298 cm³/mol. The van der Waals surface area contributed by atoms with Crippen molar-refractivity contribution in [1.29, 1.82) is 0 Å². The fourth-order valence-electron chi connectivity index (χ4n) is 8.69. The number of rotatable bonds is 22. The number of amides is 4. The first-order valence-corrected chi connectivity index (χ1v) is 25.5. The lowest BCUT2D eigenvalue weighted by Gasteiger charge is -2.35. The van der Waals surface area contributed by atoms with Crippen LogP contribution in [-0.4, -0.2) is 109 Å². The van der Waals surface area contributed by atoms with E-state index in [4.69, 9.17) is 0 Å². The van der Waals surface area contributed by atoms with Gasteiger partial charge in [-0.15, -0.1) is 0 Å². The summed E-state index contributed by atoms with van der Waals surface area (Å²) < 4.78 is 0. The zero-order chi connectivity index (χ0) is 53.1. The number of hydrogen-bond donors (Lipinski definition) is 2. The molecule has 386 valence electrons. The Hall–Kier alpha value is -6.88. The van der Waals surface area contributed by atoms with E-state index >= 15 is 0 Å². The quantitative estimate of drug-likeness (QED) is 0.0703. The van der Waals surface area contributed by atoms with Crippen molar-refractivity contribution in [2.75, 3.05) is 47.8 Å². The molecule has 6 rings (SSSR count). The number of benzene rings is 6. The second-order valence-corrected chi connectivity index (χ2v) is 21.0. The molecule has 3 unspecified atom stereocenters. The van der Waals surface area contributed by atoms with Crippen LogP contribution in [0.25, 0.3) is 0 Å². The number of likely N-dealkylation sites (N-methyl/N-ethyl adjacent to an activating group) is 4. The van der Waals surface area contributed by atoms with Crippen LogP contribution in [0.1, 0.15) is 79.1 Å². The summed E-state index contributed by atoms with van der Waals surface area (Å²) in [4.78, 5) is 60.8. The molecule has 4 amide bonds. The van der Waals surface area contributed by atoms with Gasteiger partial charge >= 0.3 is 0 Å². The van der Waals surface area contributed by atoms with Gasteiger partial charge < -0.3 is 20.4 Å². The first-order valence-electron chi connectivity index (χ1n) is 25.5. The van der Waals surface area contributed by atoms with Gasteiger partial charge in [-0.2, -0.15) is 0 Å². The molecule has 3 atom stereocenters. The first-order chi connectivity index (χ1) is 34.7. The number of nitrogens with zero attached hydrogens (tertiary/aromatic N) is 4. The van der Waals surface area contributed by atoms with E-state index in [-0.39, 0.29) is 41.0 Å². The lowest BCUT2D eigenvalue weighted by atomic mass is 9.84. The molecule has 2 N–H and O–H groups in total. The Balaban J connectivity index is 0.000000271. The molecular formula is C63H80N6O4.